The Hall–Kier alpha value is -0.770. The number of guanidine groups is 1. The fourth-order valence-corrected chi connectivity index (χ4v) is 2.36. The number of aliphatic imine (C=N–C) groups is 1. The van der Waals surface area contributed by atoms with Gasteiger partial charge in [0.15, 0.2) is 5.96 Å². The van der Waals surface area contributed by atoms with Crippen molar-refractivity contribution in [1.82, 2.24) is 20.9 Å². The van der Waals surface area contributed by atoms with Gasteiger partial charge in [0, 0.05) is 26.7 Å². The molecule has 0 spiro atoms. The van der Waals surface area contributed by atoms with Gasteiger partial charge in [-0.05, 0) is 59.7 Å². The number of nitrogens with zero attached hydrogens (tertiary/aromatic N) is 2. The number of nitrogens with one attached hydrogen (secondary N) is 3. The van der Waals surface area contributed by atoms with E-state index in [0.717, 1.165) is 38.6 Å². The van der Waals surface area contributed by atoms with Crippen LogP contribution in [0.2, 0.25) is 0 Å². The van der Waals surface area contributed by atoms with E-state index in [1.54, 1.807) is 7.05 Å². The minimum absolute atomic E-state index is 0. The summed E-state index contributed by atoms with van der Waals surface area (Å²) < 4.78 is 5.18. The average Bonchev–Trinajstić information content (AvgIpc) is 2.52. The van der Waals surface area contributed by atoms with Gasteiger partial charge in [-0.2, -0.15) is 0 Å². The molecule has 0 bridgehead atoms. The second kappa shape index (κ2) is 16.4. The van der Waals surface area contributed by atoms with E-state index in [9.17, 15) is 4.79 Å². The van der Waals surface area contributed by atoms with Crippen molar-refractivity contribution >= 4 is 36.0 Å². The summed E-state index contributed by atoms with van der Waals surface area (Å²) in [5.41, 5.74) is -0.474. The molecule has 7 nitrogen and oxygen atoms in total. The molecule has 0 fully saturated rings. The zero-order valence-corrected chi connectivity index (χ0v) is 19.8. The van der Waals surface area contributed by atoms with Gasteiger partial charge < -0.3 is 25.6 Å². The number of carbonyl (C=O) groups excluding carboxylic acids is 1. The van der Waals surface area contributed by atoms with Crippen molar-refractivity contribution in [3.05, 3.63) is 0 Å². The average molecular weight is 485 g/mol. The summed E-state index contributed by atoms with van der Waals surface area (Å²) in [5.74, 6) is 0.753. The van der Waals surface area contributed by atoms with Crippen molar-refractivity contribution in [3.8, 4) is 0 Å². The minimum atomic E-state index is -0.474. The zero-order valence-electron chi connectivity index (χ0n) is 17.5. The number of hydrogen-bond donors (Lipinski definition) is 3. The maximum atomic E-state index is 11.5. The third-order valence-corrected chi connectivity index (χ3v) is 3.33. The Morgan fingerprint density at radius 3 is 2.00 bits per heavy atom. The van der Waals surface area contributed by atoms with Crippen LogP contribution in [0.4, 0.5) is 4.79 Å². The maximum absolute atomic E-state index is 11.5. The van der Waals surface area contributed by atoms with Crippen LogP contribution >= 0.6 is 24.0 Å². The topological polar surface area (TPSA) is 78.0 Å². The third kappa shape index (κ3) is 16.7. The highest BCUT2D eigenvalue weighted by atomic mass is 127. The molecule has 0 aliphatic heterocycles. The van der Waals surface area contributed by atoms with E-state index in [1.165, 1.54) is 12.8 Å². The lowest BCUT2D eigenvalue weighted by Crippen LogP contribution is -2.43. The predicted molar refractivity (Wildman–Crippen MR) is 121 cm³/mol. The fraction of sp³-hybridized carbons (Fsp3) is 0.889. The van der Waals surface area contributed by atoms with Crippen molar-refractivity contribution in [1.29, 1.82) is 0 Å². The van der Waals surface area contributed by atoms with Gasteiger partial charge in [0.05, 0.1) is 0 Å². The summed E-state index contributed by atoms with van der Waals surface area (Å²) in [4.78, 5) is 18.2. The summed E-state index contributed by atoms with van der Waals surface area (Å²) in [6.45, 7) is 15.4. The van der Waals surface area contributed by atoms with Gasteiger partial charge in [-0.3, -0.25) is 4.99 Å². The first-order valence-electron chi connectivity index (χ1n) is 9.46. The van der Waals surface area contributed by atoms with Gasteiger partial charge >= 0.3 is 6.09 Å². The summed E-state index contributed by atoms with van der Waals surface area (Å²) in [5, 5.41) is 9.20. The first kappa shape index (κ1) is 27.4. The molecule has 0 aliphatic carbocycles. The Morgan fingerprint density at radius 2 is 1.50 bits per heavy atom. The monoisotopic (exact) mass is 485 g/mol. The Bertz CT molecular complexity index is 380. The molecule has 0 atom stereocenters. The Morgan fingerprint density at radius 1 is 0.962 bits per heavy atom. The number of alkyl carbamates (subject to hydrolysis) is 1. The molecule has 3 N–H and O–H groups in total. The lowest BCUT2D eigenvalue weighted by Gasteiger charge is -2.21. The number of hydrogen-bond acceptors (Lipinski definition) is 4. The van der Waals surface area contributed by atoms with Crippen LogP contribution in [0.15, 0.2) is 4.99 Å². The van der Waals surface area contributed by atoms with Crippen molar-refractivity contribution in [2.45, 2.75) is 59.5 Å². The molecule has 0 aliphatic rings. The highest BCUT2D eigenvalue weighted by Gasteiger charge is 2.15. The maximum Gasteiger partial charge on any atom is 0.407 e. The Kier molecular flexibility index (Phi) is 17.3. The van der Waals surface area contributed by atoms with Gasteiger partial charge in [0.2, 0.25) is 0 Å². The summed E-state index contributed by atoms with van der Waals surface area (Å²) in [7, 11) is 1.75. The van der Waals surface area contributed by atoms with Crippen LogP contribution in [0.3, 0.4) is 0 Å². The summed E-state index contributed by atoms with van der Waals surface area (Å²) >= 11 is 0. The molecule has 0 saturated carbocycles. The van der Waals surface area contributed by atoms with E-state index in [1.807, 2.05) is 20.8 Å². The van der Waals surface area contributed by atoms with E-state index < -0.39 is 11.7 Å². The van der Waals surface area contributed by atoms with E-state index in [-0.39, 0.29) is 24.0 Å². The van der Waals surface area contributed by atoms with Crippen LogP contribution in [0, 0.1) is 0 Å². The predicted octanol–water partition coefficient (Wildman–Crippen LogP) is 2.81. The first-order valence-corrected chi connectivity index (χ1v) is 9.46. The zero-order chi connectivity index (χ0) is 19.1. The van der Waals surface area contributed by atoms with Crippen LogP contribution in [-0.2, 0) is 4.74 Å². The molecule has 0 unspecified atom stereocenters. The van der Waals surface area contributed by atoms with Crippen LogP contribution in [0.1, 0.15) is 53.9 Å². The Labute approximate surface area is 177 Å². The molecular weight excluding hydrogens is 445 g/mol. The van der Waals surface area contributed by atoms with Crippen molar-refractivity contribution < 1.29 is 9.53 Å². The SMILES string of the molecule is CCCN(CCC)CCCNC(=NC)NCCNC(=O)OC(C)(C)C.I. The van der Waals surface area contributed by atoms with Crippen LogP contribution < -0.4 is 16.0 Å². The van der Waals surface area contributed by atoms with E-state index in [4.69, 9.17) is 4.74 Å². The standard InChI is InChI=1S/C18H39N5O2.HI/c1-7-13-23(14-8-2)15-9-10-20-16(19-6)21-11-12-22-17(24)25-18(3,4)5;/h7-15H2,1-6H3,(H,22,24)(H2,19,20,21);1H. The molecule has 0 heterocycles. The molecule has 0 radical (unpaired) electrons. The van der Waals surface area contributed by atoms with E-state index in [2.05, 4.69) is 39.7 Å². The first-order chi connectivity index (χ1) is 11.8. The number of carbonyl (C=O) groups is 1. The molecule has 0 saturated heterocycles. The van der Waals surface area contributed by atoms with E-state index in [0.29, 0.717) is 13.1 Å². The van der Waals surface area contributed by atoms with Crippen LogP contribution in [0.5, 0.6) is 0 Å². The molecular formula is C18H40IN5O2. The Balaban J connectivity index is 0. The lowest BCUT2D eigenvalue weighted by atomic mass is 10.2. The van der Waals surface area contributed by atoms with Crippen molar-refractivity contribution in [2.24, 2.45) is 4.99 Å². The van der Waals surface area contributed by atoms with Gasteiger partial charge in [0.25, 0.3) is 0 Å². The second-order valence-electron chi connectivity index (χ2n) is 7.05. The number of ether oxygens (including phenoxy) is 1. The number of rotatable bonds is 11. The summed E-state index contributed by atoms with van der Waals surface area (Å²) in [6, 6.07) is 0. The van der Waals surface area contributed by atoms with Crippen molar-refractivity contribution in [3.63, 3.8) is 0 Å². The smallest absolute Gasteiger partial charge is 0.407 e. The molecule has 8 heteroatoms. The number of halogens is 1. The molecule has 0 aromatic carbocycles. The molecule has 0 rings (SSSR count). The quantitative estimate of drug-likeness (QED) is 0.182. The highest BCUT2D eigenvalue weighted by molar-refractivity contribution is 14.0. The normalized spacial score (nSPS) is 11.7. The lowest BCUT2D eigenvalue weighted by molar-refractivity contribution is 0.0529. The molecule has 0 aromatic heterocycles. The van der Waals surface area contributed by atoms with Crippen LogP contribution in [0.25, 0.3) is 0 Å². The largest absolute Gasteiger partial charge is 0.444 e. The van der Waals surface area contributed by atoms with Crippen molar-refractivity contribution in [2.75, 3.05) is 46.3 Å². The molecule has 26 heavy (non-hydrogen) atoms. The molecule has 156 valence electrons. The van der Waals surface area contributed by atoms with Gasteiger partial charge in [0.1, 0.15) is 5.60 Å². The molecule has 0 aromatic rings. The fourth-order valence-electron chi connectivity index (χ4n) is 2.36. The second-order valence-corrected chi connectivity index (χ2v) is 7.05. The van der Waals surface area contributed by atoms with Gasteiger partial charge in [-0.25, -0.2) is 4.79 Å². The highest BCUT2D eigenvalue weighted by Crippen LogP contribution is 2.05. The minimum Gasteiger partial charge on any atom is -0.444 e. The van der Waals surface area contributed by atoms with Crippen LogP contribution in [-0.4, -0.2) is 68.9 Å². The van der Waals surface area contributed by atoms with E-state index >= 15 is 0 Å². The van der Waals surface area contributed by atoms with Gasteiger partial charge in [-0.15, -0.1) is 24.0 Å². The van der Waals surface area contributed by atoms with Gasteiger partial charge in [-0.1, -0.05) is 13.8 Å². The molecule has 1 amide bonds. The third-order valence-electron chi connectivity index (χ3n) is 3.33. The summed E-state index contributed by atoms with van der Waals surface area (Å²) in [6.07, 6.45) is 3.07. The number of amides is 1.